The average molecular weight is 749 g/mol. The quantitative estimate of drug-likeness (QED) is 0.0403. The molecule has 2 aromatic carbocycles. The summed E-state index contributed by atoms with van der Waals surface area (Å²) in [5.74, 6) is -0.852. The lowest BCUT2D eigenvalue weighted by Gasteiger charge is -2.35. The van der Waals surface area contributed by atoms with Crippen LogP contribution in [0.15, 0.2) is 65.8 Å². The second-order valence-corrected chi connectivity index (χ2v) is 13.1. The van der Waals surface area contributed by atoms with E-state index in [1.54, 1.807) is 18.2 Å². The molecule has 55 heavy (non-hydrogen) atoms. The van der Waals surface area contributed by atoms with Gasteiger partial charge in [-0.05, 0) is 73.6 Å². The first-order valence-corrected chi connectivity index (χ1v) is 17.7. The van der Waals surface area contributed by atoms with Crippen LogP contribution in [0.25, 0.3) is 49.5 Å². The number of piperazine rings is 1. The van der Waals surface area contributed by atoms with Gasteiger partial charge in [-0.2, -0.15) is 9.97 Å². The van der Waals surface area contributed by atoms with E-state index >= 15 is 4.39 Å². The number of anilines is 1. The van der Waals surface area contributed by atoms with E-state index in [1.165, 1.54) is 41.6 Å². The molecule has 0 aliphatic carbocycles. The lowest BCUT2D eigenvalue weighted by atomic mass is 9.96. The molecular weight excluding hydrogens is 713 g/mol. The lowest BCUT2D eigenvalue weighted by molar-refractivity contribution is -0.128. The summed E-state index contributed by atoms with van der Waals surface area (Å²) in [6, 6.07) is 10.2. The maximum Gasteiger partial charge on any atom is 0.319 e. The number of hydrogen-bond acceptors (Lipinski definition) is 10. The number of carbonyl (C=O) groups is 1. The predicted octanol–water partition coefficient (Wildman–Crippen LogP) is 6.41. The summed E-state index contributed by atoms with van der Waals surface area (Å²) in [6.45, 7) is 2.86. The summed E-state index contributed by atoms with van der Waals surface area (Å²) in [7, 11) is 0. The molecule has 16 heteroatoms. The van der Waals surface area contributed by atoms with Gasteiger partial charge < -0.3 is 19.6 Å². The first kappa shape index (κ1) is 36.9. The van der Waals surface area contributed by atoms with Gasteiger partial charge >= 0.3 is 6.01 Å². The van der Waals surface area contributed by atoms with Crippen LogP contribution in [0.1, 0.15) is 30.5 Å². The topological polar surface area (TPSA) is 157 Å². The number of aromatic nitrogens is 4. The third-order valence-electron chi connectivity index (χ3n) is 9.80. The number of phenolic OH excluding ortho intramolecular Hbond substituents is 1. The van der Waals surface area contributed by atoms with Gasteiger partial charge in [0.25, 0.3) is 5.91 Å². The van der Waals surface area contributed by atoms with Gasteiger partial charge in [0.05, 0.1) is 16.6 Å². The van der Waals surface area contributed by atoms with Gasteiger partial charge in [0, 0.05) is 73.1 Å². The fraction of sp³-hybridized carbons (Fsp3) is 0.308. The number of terminal acetylenes is 1. The minimum absolute atomic E-state index is 0.0194. The Morgan fingerprint density at radius 1 is 1.13 bits per heavy atom. The zero-order valence-corrected chi connectivity index (χ0v) is 29.6. The van der Waals surface area contributed by atoms with Crippen molar-refractivity contribution in [1.29, 1.82) is 0 Å². The second-order valence-electron chi connectivity index (χ2n) is 13.1. The van der Waals surface area contributed by atoms with E-state index in [-0.39, 0.29) is 83.7 Å². The third kappa shape index (κ3) is 7.80. The fourth-order valence-corrected chi connectivity index (χ4v) is 7.13. The molecule has 2 fully saturated rings. The number of aromatic hydroxyl groups is 1. The van der Waals surface area contributed by atoms with Crippen LogP contribution in [0, 0.1) is 24.0 Å². The minimum atomic E-state index is -0.944. The van der Waals surface area contributed by atoms with Crippen molar-refractivity contribution in [2.75, 3.05) is 57.3 Å². The number of azide groups is 1. The Hall–Kier alpha value is -6.43. The van der Waals surface area contributed by atoms with Crippen LogP contribution >= 0.6 is 0 Å². The largest absolute Gasteiger partial charge is 0.508 e. The molecule has 2 aliphatic heterocycles. The Kier molecular flexibility index (Phi) is 10.9. The van der Waals surface area contributed by atoms with E-state index in [2.05, 4.69) is 35.8 Å². The van der Waals surface area contributed by atoms with Gasteiger partial charge in [0.2, 0.25) is 0 Å². The molecule has 1 amide bonds. The summed E-state index contributed by atoms with van der Waals surface area (Å²) in [4.78, 5) is 39.0. The molecule has 3 aromatic heterocycles. The standard InChI is InChI=1S/C39H35F3N10O3/c1-2-28-31(40)10-9-24-19-27(53)21-29(33(24)28)35-34(42)36-30(22-45-35)37(48-39(47-36)55-23-26-8-5-13-50(26)14-6-12-46-49-43)51-15-17-52(18-16-51)38(54)32(41)20-25-7-3-4-11-44-25/h1,3-4,7,9-11,19-22,26,53H,5-6,8,12-18,23H2/b32-20-/t26-/m0/s1. The van der Waals surface area contributed by atoms with Gasteiger partial charge in [-0.15, -0.1) is 6.42 Å². The Labute approximate surface area is 313 Å². The van der Waals surface area contributed by atoms with E-state index < -0.39 is 23.4 Å². The van der Waals surface area contributed by atoms with Gasteiger partial charge in [-0.25, -0.2) is 13.2 Å². The zero-order chi connectivity index (χ0) is 38.5. The molecule has 7 rings (SSSR count). The number of halogens is 3. The van der Waals surface area contributed by atoms with Crippen LogP contribution in [0.5, 0.6) is 11.8 Å². The number of carbonyl (C=O) groups excluding carboxylic acids is 1. The maximum absolute atomic E-state index is 16.9. The highest BCUT2D eigenvalue weighted by atomic mass is 19.1. The fourth-order valence-electron chi connectivity index (χ4n) is 7.13. The number of pyridine rings is 2. The van der Waals surface area contributed by atoms with Crippen LogP contribution in [0.4, 0.5) is 19.0 Å². The molecular formula is C39H35F3N10O3. The molecule has 2 aliphatic rings. The minimum Gasteiger partial charge on any atom is -0.508 e. The number of amides is 1. The van der Waals surface area contributed by atoms with E-state index in [9.17, 15) is 18.7 Å². The lowest BCUT2D eigenvalue weighted by Crippen LogP contribution is -2.49. The van der Waals surface area contributed by atoms with Crippen molar-refractivity contribution in [3.63, 3.8) is 0 Å². The molecule has 280 valence electrons. The van der Waals surface area contributed by atoms with Crippen molar-refractivity contribution in [3.8, 4) is 35.4 Å². The smallest absolute Gasteiger partial charge is 0.319 e. The molecule has 5 heterocycles. The molecule has 0 spiro atoms. The Morgan fingerprint density at radius 3 is 2.73 bits per heavy atom. The number of fused-ring (bicyclic) bond motifs is 2. The van der Waals surface area contributed by atoms with Crippen LogP contribution in [0.2, 0.25) is 0 Å². The van der Waals surface area contributed by atoms with Crippen molar-refractivity contribution in [2.45, 2.75) is 25.3 Å². The Balaban J connectivity index is 1.23. The summed E-state index contributed by atoms with van der Waals surface area (Å²) in [6.07, 6.45) is 12.2. The molecule has 1 atom stereocenters. The molecule has 0 unspecified atom stereocenters. The highest BCUT2D eigenvalue weighted by molar-refractivity contribution is 6.03. The Morgan fingerprint density at radius 2 is 1.96 bits per heavy atom. The molecule has 1 N–H and O–H groups in total. The van der Waals surface area contributed by atoms with E-state index in [0.29, 0.717) is 36.4 Å². The molecule has 5 aromatic rings. The average Bonchev–Trinajstić information content (AvgIpc) is 3.66. The van der Waals surface area contributed by atoms with Gasteiger partial charge in [0.15, 0.2) is 11.6 Å². The Bertz CT molecular complexity index is 2380. The SMILES string of the molecule is C#Cc1c(F)ccc2cc(O)cc(-c3ncc4c(N5CCN(C(=O)/C(F)=C/c6ccccn6)CC5)nc(OC[C@@H]5CCCN5CCCN=[N+]=[N-])nc4c3F)c12. The highest BCUT2D eigenvalue weighted by Gasteiger charge is 2.29. The maximum atomic E-state index is 16.9. The summed E-state index contributed by atoms with van der Waals surface area (Å²) < 4.78 is 53.0. The molecule has 0 saturated carbocycles. The molecule has 0 radical (unpaired) electrons. The first-order chi connectivity index (χ1) is 26.7. The van der Waals surface area contributed by atoms with Gasteiger partial charge in [-0.3, -0.25) is 19.7 Å². The second kappa shape index (κ2) is 16.3. The van der Waals surface area contributed by atoms with Gasteiger partial charge in [0.1, 0.15) is 35.2 Å². The van der Waals surface area contributed by atoms with Crippen LogP contribution < -0.4 is 9.64 Å². The van der Waals surface area contributed by atoms with E-state index in [0.717, 1.165) is 25.5 Å². The van der Waals surface area contributed by atoms with Crippen LogP contribution in [-0.2, 0) is 4.79 Å². The molecule has 0 bridgehead atoms. The van der Waals surface area contributed by atoms with Crippen molar-refractivity contribution < 1.29 is 27.8 Å². The summed E-state index contributed by atoms with van der Waals surface area (Å²) in [5.41, 5.74) is 8.53. The van der Waals surface area contributed by atoms with Crippen molar-refractivity contribution in [3.05, 3.63) is 94.0 Å². The molecule has 2 saturated heterocycles. The number of ether oxygens (including phenoxy) is 1. The number of hydrogen-bond donors (Lipinski definition) is 1. The first-order valence-electron chi connectivity index (χ1n) is 17.7. The number of phenols is 1. The van der Waals surface area contributed by atoms with Crippen LogP contribution in [0.3, 0.4) is 0 Å². The highest BCUT2D eigenvalue weighted by Crippen LogP contribution is 2.39. The predicted molar refractivity (Wildman–Crippen MR) is 201 cm³/mol. The summed E-state index contributed by atoms with van der Waals surface area (Å²) in [5, 5.41) is 15.0. The monoisotopic (exact) mass is 748 g/mol. The van der Waals surface area contributed by atoms with E-state index in [1.807, 2.05) is 4.90 Å². The number of nitrogens with zero attached hydrogens (tertiary/aromatic N) is 10. The summed E-state index contributed by atoms with van der Waals surface area (Å²) >= 11 is 0. The molecule has 13 nitrogen and oxygen atoms in total. The number of likely N-dealkylation sites (tertiary alicyclic amines) is 1. The zero-order valence-electron chi connectivity index (χ0n) is 29.6. The van der Waals surface area contributed by atoms with Crippen LogP contribution in [-0.4, -0.2) is 99.2 Å². The third-order valence-corrected chi connectivity index (χ3v) is 9.80. The van der Waals surface area contributed by atoms with Gasteiger partial charge in [-0.1, -0.05) is 23.2 Å². The van der Waals surface area contributed by atoms with Crippen molar-refractivity contribution in [1.82, 2.24) is 29.7 Å². The number of benzene rings is 2. The normalized spacial score (nSPS) is 16.3. The van der Waals surface area contributed by atoms with Crippen molar-refractivity contribution in [2.24, 2.45) is 5.11 Å². The van der Waals surface area contributed by atoms with E-state index in [4.69, 9.17) is 21.7 Å². The number of rotatable bonds is 11. The van der Waals surface area contributed by atoms with Crippen molar-refractivity contribution >= 4 is 39.5 Å².